The van der Waals surface area contributed by atoms with Gasteiger partial charge in [0, 0.05) is 12.1 Å². The molecule has 1 aliphatic heterocycles. The van der Waals surface area contributed by atoms with Crippen LogP contribution in [0.1, 0.15) is 16.7 Å². The molecule has 1 saturated heterocycles. The maximum Gasteiger partial charge on any atom is 0.416 e. The van der Waals surface area contributed by atoms with Crippen LogP contribution < -0.4 is 19.5 Å². The fourth-order valence-electron chi connectivity index (χ4n) is 3.94. The molecule has 230 valence electrons. The summed E-state index contributed by atoms with van der Waals surface area (Å²) in [6, 6.07) is 11.2. The minimum absolute atomic E-state index is 0.0146. The third kappa shape index (κ3) is 7.41. The molecule has 3 amide bonds. The number of amides is 3. The normalized spacial score (nSPS) is 14.1. The quantitative estimate of drug-likeness (QED) is 0.147. The van der Waals surface area contributed by atoms with E-state index in [-0.39, 0.29) is 45.2 Å². The molecule has 0 aromatic heterocycles. The van der Waals surface area contributed by atoms with Gasteiger partial charge in [0.2, 0.25) is 5.91 Å². The lowest BCUT2D eigenvalue weighted by Gasteiger charge is -2.16. The van der Waals surface area contributed by atoms with Crippen molar-refractivity contribution in [2.75, 3.05) is 26.1 Å². The Morgan fingerprint density at radius 3 is 2.36 bits per heavy atom. The number of benzene rings is 3. The Morgan fingerprint density at radius 2 is 1.75 bits per heavy atom. The standard InChI is InChI=1S/C28H21ClF3N3O8S/c1-41-21-8-5-17(28(30,31)32)12-20(21)33-24(36)13-34-26(37)23(44-27(34)38)11-16-9-19(29)25(22(10-16)42-2)43-14-15-3-6-18(7-4-15)35(39)40/h3-12H,13-14H2,1-2H3,(H,33,36)/b23-11-. The molecule has 44 heavy (non-hydrogen) atoms. The third-order valence-corrected chi connectivity index (χ3v) is 7.24. The van der Waals surface area contributed by atoms with Gasteiger partial charge in [-0.2, -0.15) is 13.2 Å². The summed E-state index contributed by atoms with van der Waals surface area (Å²) < 4.78 is 55.5. The molecule has 3 aromatic carbocycles. The number of carbonyl (C=O) groups excluding carboxylic acids is 3. The van der Waals surface area contributed by atoms with Crippen molar-refractivity contribution in [2.24, 2.45) is 0 Å². The van der Waals surface area contributed by atoms with Gasteiger partial charge in [0.05, 0.1) is 40.3 Å². The van der Waals surface area contributed by atoms with E-state index in [1.807, 2.05) is 0 Å². The van der Waals surface area contributed by atoms with E-state index in [0.29, 0.717) is 33.9 Å². The van der Waals surface area contributed by atoms with Gasteiger partial charge < -0.3 is 19.5 Å². The fraction of sp³-hybridized carbons (Fsp3) is 0.179. The first-order valence-electron chi connectivity index (χ1n) is 12.3. The van der Waals surface area contributed by atoms with Crippen LogP contribution in [-0.4, -0.2) is 47.6 Å². The predicted octanol–water partition coefficient (Wildman–Crippen LogP) is 6.54. The molecule has 0 atom stereocenters. The topological polar surface area (TPSA) is 137 Å². The minimum Gasteiger partial charge on any atom is -0.495 e. The SMILES string of the molecule is COc1ccc(C(F)(F)F)cc1NC(=O)CN1C(=O)S/C(=C\c2cc(Cl)c(OCc3ccc([N+](=O)[O-])cc3)c(OC)c2)C1=O. The van der Waals surface area contributed by atoms with Gasteiger partial charge in [-0.3, -0.25) is 29.4 Å². The number of methoxy groups -OCH3 is 2. The first kappa shape index (κ1) is 32.2. The monoisotopic (exact) mass is 651 g/mol. The van der Waals surface area contributed by atoms with E-state index in [1.54, 1.807) is 0 Å². The molecule has 1 heterocycles. The molecular formula is C28H21ClF3N3O8S. The fourth-order valence-corrected chi connectivity index (χ4v) is 5.05. The highest BCUT2D eigenvalue weighted by atomic mass is 35.5. The Kier molecular flexibility index (Phi) is 9.69. The minimum atomic E-state index is -4.67. The molecule has 0 saturated carbocycles. The first-order valence-corrected chi connectivity index (χ1v) is 13.5. The smallest absolute Gasteiger partial charge is 0.416 e. The number of hydrogen-bond donors (Lipinski definition) is 1. The van der Waals surface area contributed by atoms with E-state index in [4.69, 9.17) is 25.8 Å². The lowest BCUT2D eigenvalue weighted by molar-refractivity contribution is -0.384. The molecule has 3 aromatic rings. The summed E-state index contributed by atoms with van der Waals surface area (Å²) >= 11 is 6.96. The summed E-state index contributed by atoms with van der Waals surface area (Å²) in [6.45, 7) is -0.748. The van der Waals surface area contributed by atoms with Crippen LogP contribution in [0.4, 0.5) is 29.3 Å². The van der Waals surface area contributed by atoms with Crippen molar-refractivity contribution in [1.29, 1.82) is 0 Å². The molecule has 1 N–H and O–H groups in total. The highest BCUT2D eigenvalue weighted by Crippen LogP contribution is 2.40. The van der Waals surface area contributed by atoms with Gasteiger partial charge in [0.25, 0.3) is 16.8 Å². The number of halogens is 4. The number of imide groups is 1. The second-order valence-electron chi connectivity index (χ2n) is 8.98. The molecule has 0 aliphatic carbocycles. The zero-order valence-electron chi connectivity index (χ0n) is 22.8. The average Bonchev–Trinajstić information content (AvgIpc) is 3.23. The number of carbonyl (C=O) groups is 3. The molecule has 1 aliphatic rings. The van der Waals surface area contributed by atoms with Crippen LogP contribution in [-0.2, 0) is 22.4 Å². The van der Waals surface area contributed by atoms with E-state index < -0.39 is 40.3 Å². The van der Waals surface area contributed by atoms with Crippen LogP contribution >= 0.6 is 23.4 Å². The molecule has 16 heteroatoms. The summed E-state index contributed by atoms with van der Waals surface area (Å²) in [7, 11) is 2.57. The maximum atomic E-state index is 13.1. The number of nitro benzene ring substituents is 1. The number of rotatable bonds is 10. The predicted molar refractivity (Wildman–Crippen MR) is 155 cm³/mol. The van der Waals surface area contributed by atoms with Gasteiger partial charge in [0.15, 0.2) is 11.5 Å². The molecule has 11 nitrogen and oxygen atoms in total. The molecular weight excluding hydrogens is 631 g/mol. The van der Waals surface area contributed by atoms with Crippen molar-refractivity contribution in [3.05, 3.63) is 91.3 Å². The Labute approximate surface area is 256 Å². The van der Waals surface area contributed by atoms with Crippen LogP contribution in [0.15, 0.2) is 59.5 Å². The summed E-state index contributed by atoms with van der Waals surface area (Å²) in [5.74, 6) is -1.42. The van der Waals surface area contributed by atoms with Gasteiger partial charge in [-0.1, -0.05) is 11.6 Å². The number of nitrogens with one attached hydrogen (secondary N) is 1. The molecule has 0 unspecified atom stereocenters. The van der Waals surface area contributed by atoms with E-state index in [1.165, 1.54) is 56.7 Å². The Bertz CT molecular complexity index is 1670. The highest BCUT2D eigenvalue weighted by molar-refractivity contribution is 8.18. The van der Waals surface area contributed by atoms with Crippen molar-refractivity contribution in [3.8, 4) is 17.2 Å². The molecule has 0 spiro atoms. The van der Waals surface area contributed by atoms with Crippen LogP contribution in [0.25, 0.3) is 6.08 Å². The second-order valence-corrected chi connectivity index (χ2v) is 10.4. The molecule has 0 radical (unpaired) electrons. The van der Waals surface area contributed by atoms with Crippen molar-refractivity contribution in [2.45, 2.75) is 12.8 Å². The summed E-state index contributed by atoms with van der Waals surface area (Å²) in [5, 5.41) is 12.4. The molecule has 0 bridgehead atoms. The number of hydrogen-bond acceptors (Lipinski definition) is 9. The Hall–Kier alpha value is -4.76. The largest absolute Gasteiger partial charge is 0.495 e. The number of ether oxygens (including phenoxy) is 3. The Morgan fingerprint density at radius 1 is 1.07 bits per heavy atom. The van der Waals surface area contributed by atoms with Gasteiger partial charge >= 0.3 is 6.18 Å². The highest BCUT2D eigenvalue weighted by Gasteiger charge is 2.37. The number of anilines is 1. The van der Waals surface area contributed by atoms with Crippen LogP contribution in [0, 0.1) is 10.1 Å². The number of nitrogens with zero attached hydrogens (tertiary/aromatic N) is 2. The second kappa shape index (κ2) is 13.3. The number of nitro groups is 1. The molecule has 1 fully saturated rings. The van der Waals surface area contributed by atoms with Crippen LogP contribution in [0.2, 0.25) is 5.02 Å². The van der Waals surface area contributed by atoms with Gasteiger partial charge in [-0.25, -0.2) is 0 Å². The van der Waals surface area contributed by atoms with E-state index >= 15 is 0 Å². The van der Waals surface area contributed by atoms with Crippen molar-refractivity contribution in [1.82, 2.24) is 4.90 Å². The van der Waals surface area contributed by atoms with Crippen LogP contribution in [0.3, 0.4) is 0 Å². The number of non-ortho nitro benzene ring substituents is 1. The van der Waals surface area contributed by atoms with E-state index in [2.05, 4.69) is 5.32 Å². The lowest BCUT2D eigenvalue weighted by atomic mass is 10.1. The van der Waals surface area contributed by atoms with E-state index in [9.17, 15) is 37.7 Å². The number of thioether (sulfide) groups is 1. The van der Waals surface area contributed by atoms with Gasteiger partial charge in [-0.05, 0) is 71.4 Å². The van der Waals surface area contributed by atoms with Gasteiger partial charge in [0.1, 0.15) is 18.9 Å². The van der Waals surface area contributed by atoms with Crippen LogP contribution in [0.5, 0.6) is 17.2 Å². The summed E-state index contributed by atoms with van der Waals surface area (Å²) in [5.41, 5.74) is -0.401. The summed E-state index contributed by atoms with van der Waals surface area (Å²) in [6.07, 6.45) is -3.32. The van der Waals surface area contributed by atoms with E-state index in [0.717, 1.165) is 12.1 Å². The average molecular weight is 652 g/mol. The van der Waals surface area contributed by atoms with Crippen molar-refractivity contribution >= 4 is 57.9 Å². The lowest BCUT2D eigenvalue weighted by Crippen LogP contribution is -2.36. The first-order chi connectivity index (χ1) is 20.8. The van der Waals surface area contributed by atoms with Crippen molar-refractivity contribution in [3.63, 3.8) is 0 Å². The van der Waals surface area contributed by atoms with Crippen molar-refractivity contribution < 1.29 is 46.7 Å². The number of alkyl halides is 3. The third-order valence-electron chi connectivity index (χ3n) is 6.06. The zero-order valence-corrected chi connectivity index (χ0v) is 24.3. The summed E-state index contributed by atoms with van der Waals surface area (Å²) in [4.78, 5) is 49.1. The zero-order chi connectivity index (χ0) is 32.2. The maximum absolute atomic E-state index is 13.1. The Balaban J connectivity index is 1.47. The van der Waals surface area contributed by atoms with Gasteiger partial charge in [-0.15, -0.1) is 0 Å². The molecule has 4 rings (SSSR count).